The molecule has 320 valence electrons. The molecule has 0 bridgehead atoms. The Bertz CT molecular complexity index is 3210. The molecule has 0 fully saturated rings. The molecule has 0 aromatic heterocycles. The number of carbonyl (C=O) groups excluding carboxylic acids is 1. The number of carbonyl (C=O) groups is 3. The summed E-state index contributed by atoms with van der Waals surface area (Å²) in [5.74, 6) is -5.18. The lowest BCUT2D eigenvalue weighted by Gasteiger charge is -2.12. The van der Waals surface area contributed by atoms with E-state index in [2.05, 4.69) is 35.8 Å². The number of carboxylic acid groups (broad SMARTS) is 2. The first-order valence-corrected chi connectivity index (χ1v) is 20.9. The van der Waals surface area contributed by atoms with Gasteiger partial charge in [-0.1, -0.05) is 0 Å². The summed E-state index contributed by atoms with van der Waals surface area (Å²) >= 11 is 0. The van der Waals surface area contributed by atoms with Gasteiger partial charge in [-0.15, -0.1) is 20.5 Å². The molecule has 8 N–H and O–H groups in total. The van der Waals surface area contributed by atoms with Crippen LogP contribution in [0.2, 0.25) is 0 Å². The molecule has 5 aromatic rings. The molecule has 1 unspecified atom stereocenters. The van der Waals surface area contributed by atoms with Crippen molar-refractivity contribution < 1.29 is 73.4 Å². The highest BCUT2D eigenvalue weighted by molar-refractivity contribution is 7.86. The van der Waals surface area contributed by atoms with E-state index in [4.69, 9.17) is 10.5 Å². The summed E-state index contributed by atoms with van der Waals surface area (Å²) < 4.78 is 105. The molecule has 1 aliphatic rings. The van der Waals surface area contributed by atoms with Gasteiger partial charge in [0.25, 0.3) is 36.3 Å². The summed E-state index contributed by atoms with van der Waals surface area (Å²) in [6.07, 6.45) is 0. The van der Waals surface area contributed by atoms with E-state index in [9.17, 15) is 68.6 Å². The van der Waals surface area contributed by atoms with Gasteiger partial charge in [-0.05, 0) is 78.2 Å². The molecule has 6 rings (SSSR count). The molecule has 1 amide bonds. The number of nitrogens with zero attached hydrogens (tertiary/aromatic N) is 8. The van der Waals surface area contributed by atoms with Crippen LogP contribution in [-0.4, -0.2) is 90.9 Å². The number of azo groups is 3. The zero-order valence-corrected chi connectivity index (χ0v) is 33.2. The fraction of sp³-hybridized carbons (Fsp3) is 0.0588. The van der Waals surface area contributed by atoms with Crippen molar-refractivity contribution in [1.29, 1.82) is 0 Å². The maximum Gasteiger partial charge on any atom is 0.355 e. The fourth-order valence-corrected chi connectivity index (χ4v) is 7.16. The summed E-state index contributed by atoms with van der Waals surface area (Å²) in [4.78, 5) is 34.7. The zero-order chi connectivity index (χ0) is 45.5. The standard InChI is InChI=1S/C34H25N9O16S3/c1-59-26-14-24(38-37-23-9-7-19(61(53,54)55)12-21(23)33(46)47)22(35)13-25(26)39-40-28-27(62(56,57)58)11-15-10-16(2-8-20(15)31(28)44)36-41-29-30(34(48)49)42-43(32(29)45)17-3-5-18(6-4-17)60(50,51)52/h2-14,29,44H,35H2,1H3,(H,46,47)(H,48,49)(H,50,51,52)(H,53,54,55)(H,56,57,58). The highest BCUT2D eigenvalue weighted by atomic mass is 32.2. The summed E-state index contributed by atoms with van der Waals surface area (Å²) in [5, 5.41) is 57.8. The molecule has 0 aliphatic carbocycles. The number of benzene rings is 5. The summed E-state index contributed by atoms with van der Waals surface area (Å²) in [6.45, 7) is 0. The molecule has 0 radical (unpaired) electrons. The van der Waals surface area contributed by atoms with Gasteiger partial charge < -0.3 is 25.8 Å². The Morgan fingerprint density at radius 1 is 0.726 bits per heavy atom. The molecule has 1 heterocycles. The summed E-state index contributed by atoms with van der Waals surface area (Å²) in [6, 6.07) is 11.6. The average molecular weight is 912 g/mol. The highest BCUT2D eigenvalue weighted by Crippen LogP contribution is 2.44. The normalized spacial score (nSPS) is 15.0. The van der Waals surface area contributed by atoms with Crippen molar-refractivity contribution in [3.8, 4) is 11.5 Å². The minimum absolute atomic E-state index is 0.0675. The molecule has 0 saturated carbocycles. The van der Waals surface area contributed by atoms with E-state index in [-0.39, 0.29) is 50.6 Å². The number of carboxylic acids is 2. The lowest BCUT2D eigenvalue weighted by molar-refractivity contribution is -0.130. The molecule has 25 nitrogen and oxygen atoms in total. The topological polar surface area (TPSA) is 400 Å². The number of fused-ring (bicyclic) bond motifs is 1. The number of nitrogens with two attached hydrogens (primary N) is 1. The quantitative estimate of drug-likeness (QED) is 0.0445. The maximum absolute atomic E-state index is 13.2. The molecule has 62 heavy (non-hydrogen) atoms. The van der Waals surface area contributed by atoms with E-state index in [1.165, 1.54) is 25.3 Å². The number of hydrogen-bond donors (Lipinski definition) is 7. The molecular formula is C34H25N9O16S3. The minimum atomic E-state index is -5.16. The average Bonchev–Trinajstić information content (AvgIpc) is 3.53. The molecular weight excluding hydrogens is 887 g/mol. The van der Waals surface area contributed by atoms with Crippen molar-refractivity contribution in [2.45, 2.75) is 20.7 Å². The highest BCUT2D eigenvalue weighted by Gasteiger charge is 2.41. The van der Waals surface area contributed by atoms with Crippen LogP contribution in [0, 0.1) is 0 Å². The number of aliphatic carboxylic acids is 1. The molecule has 5 aromatic carbocycles. The number of nitrogen functional groups attached to an aromatic ring is 1. The Labute approximate surface area is 347 Å². The van der Waals surface area contributed by atoms with Crippen LogP contribution in [0.3, 0.4) is 0 Å². The Morgan fingerprint density at radius 3 is 1.95 bits per heavy atom. The fourth-order valence-electron chi connectivity index (χ4n) is 5.52. The third-order valence-electron chi connectivity index (χ3n) is 8.46. The Hall–Kier alpha value is -7.63. The van der Waals surface area contributed by atoms with Gasteiger partial charge in [0.2, 0.25) is 6.04 Å². The van der Waals surface area contributed by atoms with Crippen molar-refractivity contribution in [3.63, 3.8) is 0 Å². The van der Waals surface area contributed by atoms with Gasteiger partial charge in [-0.25, -0.2) is 9.59 Å². The molecule has 28 heteroatoms. The molecule has 1 atom stereocenters. The zero-order valence-electron chi connectivity index (χ0n) is 30.7. The Morgan fingerprint density at radius 2 is 1.35 bits per heavy atom. The van der Waals surface area contributed by atoms with Crippen LogP contribution >= 0.6 is 0 Å². The van der Waals surface area contributed by atoms with E-state index >= 15 is 0 Å². The Kier molecular flexibility index (Phi) is 11.6. The summed E-state index contributed by atoms with van der Waals surface area (Å²) in [7, 11) is -13.3. The minimum Gasteiger partial charge on any atom is -0.505 e. The Balaban J connectivity index is 1.30. The van der Waals surface area contributed by atoms with E-state index < -0.39 is 91.6 Å². The van der Waals surface area contributed by atoms with Crippen molar-refractivity contribution in [1.82, 2.24) is 0 Å². The number of rotatable bonds is 13. The number of anilines is 2. The van der Waals surface area contributed by atoms with E-state index in [1.807, 2.05) is 0 Å². The monoisotopic (exact) mass is 911 g/mol. The number of phenolic OH excluding ortho intramolecular Hbond substituents is 1. The first kappa shape index (κ1) is 43.9. The smallest absolute Gasteiger partial charge is 0.355 e. The SMILES string of the molecule is COc1cc(N=Nc2ccc(S(=O)(=O)O)cc2C(=O)O)c(N)cc1N=Nc1c(S(=O)(=O)O)cc2cc(N=NC3C(=O)N(c4ccc(S(=O)(=O)O)cc4)N=C3C(=O)O)ccc2c1O. The largest absolute Gasteiger partial charge is 0.505 e. The summed E-state index contributed by atoms with van der Waals surface area (Å²) in [5.41, 5.74) is 2.98. The van der Waals surface area contributed by atoms with Gasteiger partial charge in [0.05, 0.1) is 39.5 Å². The lowest BCUT2D eigenvalue weighted by atomic mass is 10.1. The van der Waals surface area contributed by atoms with Gasteiger partial charge in [0, 0.05) is 11.5 Å². The van der Waals surface area contributed by atoms with Gasteiger partial charge in [0.15, 0.2) is 11.5 Å². The van der Waals surface area contributed by atoms with Gasteiger partial charge in [0.1, 0.15) is 33.4 Å². The first-order valence-electron chi connectivity index (χ1n) is 16.5. The molecule has 1 aliphatic heterocycles. The van der Waals surface area contributed by atoms with Crippen LogP contribution in [0.4, 0.5) is 39.8 Å². The number of phenols is 1. The van der Waals surface area contributed by atoms with Crippen LogP contribution in [0.5, 0.6) is 11.5 Å². The first-order chi connectivity index (χ1) is 29.0. The number of aromatic carboxylic acids is 1. The number of hydrazone groups is 1. The number of aromatic hydroxyl groups is 1. The number of ether oxygens (including phenoxy) is 1. The van der Waals surface area contributed by atoms with Crippen molar-refractivity contribution in [2.75, 3.05) is 17.9 Å². The van der Waals surface area contributed by atoms with Gasteiger partial charge >= 0.3 is 11.9 Å². The third-order valence-corrected chi connectivity index (χ3v) is 11.0. The third kappa shape index (κ3) is 9.08. The predicted molar refractivity (Wildman–Crippen MR) is 212 cm³/mol. The van der Waals surface area contributed by atoms with Crippen molar-refractivity contribution >= 4 is 104 Å². The van der Waals surface area contributed by atoms with E-state index in [0.717, 1.165) is 54.6 Å². The lowest BCUT2D eigenvalue weighted by Crippen LogP contribution is -2.33. The maximum atomic E-state index is 13.2. The van der Waals surface area contributed by atoms with E-state index in [0.29, 0.717) is 11.1 Å². The second-order valence-corrected chi connectivity index (χ2v) is 16.7. The second kappa shape index (κ2) is 16.4. The predicted octanol–water partition coefficient (Wildman–Crippen LogP) is 5.35. The number of amides is 1. The molecule has 0 spiro atoms. The number of methoxy groups -OCH3 is 1. The van der Waals surface area contributed by atoms with Crippen LogP contribution < -0.4 is 15.5 Å². The van der Waals surface area contributed by atoms with Crippen LogP contribution in [-0.2, 0) is 39.9 Å². The van der Waals surface area contributed by atoms with Crippen molar-refractivity contribution in [2.24, 2.45) is 35.8 Å². The van der Waals surface area contributed by atoms with E-state index in [1.54, 1.807) is 0 Å². The van der Waals surface area contributed by atoms with Gasteiger partial charge in [-0.2, -0.15) is 45.6 Å². The molecule has 0 saturated heterocycles. The van der Waals surface area contributed by atoms with Gasteiger partial charge in [-0.3, -0.25) is 18.5 Å². The van der Waals surface area contributed by atoms with Crippen LogP contribution in [0.1, 0.15) is 10.4 Å². The number of hydrogen-bond acceptors (Lipinski definition) is 19. The van der Waals surface area contributed by atoms with Crippen LogP contribution in [0.25, 0.3) is 10.8 Å². The van der Waals surface area contributed by atoms with Crippen LogP contribution in [0.15, 0.2) is 129 Å². The second-order valence-electron chi connectivity index (χ2n) is 12.4. The van der Waals surface area contributed by atoms with Crippen molar-refractivity contribution in [3.05, 3.63) is 84.4 Å².